The number of aryl methyl sites for hydroxylation is 1. The van der Waals surface area contributed by atoms with Crippen LogP contribution in [0.2, 0.25) is 5.02 Å². The molecule has 0 saturated heterocycles. The molecule has 0 aliphatic heterocycles. The number of amides is 1. The Kier molecular flexibility index (Phi) is 5.03. The highest BCUT2D eigenvalue weighted by atomic mass is 35.5. The van der Waals surface area contributed by atoms with Crippen molar-refractivity contribution in [2.75, 3.05) is 5.32 Å². The van der Waals surface area contributed by atoms with Crippen molar-refractivity contribution in [3.05, 3.63) is 58.4 Å². The highest BCUT2D eigenvalue weighted by Gasteiger charge is 2.16. The maximum atomic E-state index is 13.1. The molecule has 0 radical (unpaired) electrons. The first-order valence-electron chi connectivity index (χ1n) is 6.87. The van der Waals surface area contributed by atoms with Crippen LogP contribution < -0.4 is 10.1 Å². The Labute approximate surface area is 134 Å². The van der Waals surface area contributed by atoms with E-state index in [0.29, 0.717) is 11.4 Å². The second kappa shape index (κ2) is 6.79. The molecule has 2 rings (SSSR count). The van der Waals surface area contributed by atoms with Crippen molar-refractivity contribution in [1.29, 1.82) is 0 Å². The molecule has 0 aromatic heterocycles. The highest BCUT2D eigenvalue weighted by molar-refractivity contribution is 6.31. The van der Waals surface area contributed by atoms with E-state index >= 15 is 0 Å². The first kappa shape index (κ1) is 16.3. The third-order valence-corrected chi connectivity index (χ3v) is 3.70. The SMILES string of the molecule is Cc1cccc(O[C@@H](C)C(=O)Nc2ccc(F)c(Cl)c2)c1C. The van der Waals surface area contributed by atoms with Crippen molar-refractivity contribution in [3.63, 3.8) is 0 Å². The van der Waals surface area contributed by atoms with Crippen molar-refractivity contribution in [2.45, 2.75) is 26.9 Å². The summed E-state index contributed by atoms with van der Waals surface area (Å²) >= 11 is 5.69. The van der Waals surface area contributed by atoms with Crippen molar-refractivity contribution >= 4 is 23.2 Å². The van der Waals surface area contributed by atoms with Crippen LogP contribution in [0.25, 0.3) is 0 Å². The largest absolute Gasteiger partial charge is 0.481 e. The summed E-state index contributed by atoms with van der Waals surface area (Å²) in [5.74, 6) is -0.192. The number of anilines is 1. The van der Waals surface area contributed by atoms with Crippen LogP contribution in [-0.4, -0.2) is 12.0 Å². The lowest BCUT2D eigenvalue weighted by atomic mass is 10.1. The van der Waals surface area contributed by atoms with Gasteiger partial charge in [-0.2, -0.15) is 0 Å². The summed E-state index contributed by atoms with van der Waals surface area (Å²) in [6, 6.07) is 9.69. The van der Waals surface area contributed by atoms with Crippen LogP contribution in [0.4, 0.5) is 10.1 Å². The molecule has 0 unspecified atom stereocenters. The highest BCUT2D eigenvalue weighted by Crippen LogP contribution is 2.23. The van der Waals surface area contributed by atoms with Gasteiger partial charge >= 0.3 is 0 Å². The minimum absolute atomic E-state index is 0.0408. The van der Waals surface area contributed by atoms with Gasteiger partial charge in [-0.25, -0.2) is 4.39 Å². The lowest BCUT2D eigenvalue weighted by Crippen LogP contribution is -2.30. The van der Waals surface area contributed by atoms with E-state index in [4.69, 9.17) is 16.3 Å². The van der Waals surface area contributed by atoms with Gasteiger partial charge in [0.2, 0.25) is 0 Å². The summed E-state index contributed by atoms with van der Waals surface area (Å²) in [5, 5.41) is 2.61. The molecule has 0 saturated carbocycles. The zero-order valence-electron chi connectivity index (χ0n) is 12.6. The maximum Gasteiger partial charge on any atom is 0.265 e. The number of hydrogen-bond donors (Lipinski definition) is 1. The number of ether oxygens (including phenoxy) is 1. The molecule has 116 valence electrons. The quantitative estimate of drug-likeness (QED) is 0.900. The van der Waals surface area contributed by atoms with E-state index in [9.17, 15) is 9.18 Å². The molecule has 0 fully saturated rings. The lowest BCUT2D eigenvalue weighted by Gasteiger charge is -2.17. The van der Waals surface area contributed by atoms with Gasteiger partial charge in [-0.15, -0.1) is 0 Å². The molecule has 22 heavy (non-hydrogen) atoms. The zero-order valence-corrected chi connectivity index (χ0v) is 13.4. The number of hydrogen-bond acceptors (Lipinski definition) is 2. The molecule has 5 heteroatoms. The Morgan fingerprint density at radius 1 is 1.27 bits per heavy atom. The Bertz CT molecular complexity index is 703. The van der Waals surface area contributed by atoms with Crippen molar-refractivity contribution < 1.29 is 13.9 Å². The minimum Gasteiger partial charge on any atom is -0.481 e. The zero-order chi connectivity index (χ0) is 16.3. The summed E-state index contributed by atoms with van der Waals surface area (Å²) < 4.78 is 18.8. The summed E-state index contributed by atoms with van der Waals surface area (Å²) in [6.07, 6.45) is -0.690. The fourth-order valence-corrected chi connectivity index (χ4v) is 2.09. The van der Waals surface area contributed by atoms with Gasteiger partial charge < -0.3 is 10.1 Å². The third-order valence-electron chi connectivity index (χ3n) is 3.42. The summed E-state index contributed by atoms with van der Waals surface area (Å²) in [4.78, 5) is 12.1. The number of carbonyl (C=O) groups is 1. The summed E-state index contributed by atoms with van der Waals surface area (Å²) in [5.41, 5.74) is 2.51. The van der Waals surface area contributed by atoms with E-state index in [1.54, 1.807) is 6.92 Å². The molecular weight excluding hydrogens is 305 g/mol. The average Bonchev–Trinajstić information content (AvgIpc) is 2.47. The van der Waals surface area contributed by atoms with Crippen LogP contribution in [0.5, 0.6) is 5.75 Å². The first-order valence-corrected chi connectivity index (χ1v) is 7.25. The van der Waals surface area contributed by atoms with Crippen LogP contribution in [0.3, 0.4) is 0 Å². The van der Waals surface area contributed by atoms with E-state index < -0.39 is 11.9 Å². The summed E-state index contributed by atoms with van der Waals surface area (Å²) in [6.45, 7) is 5.57. The fourth-order valence-electron chi connectivity index (χ4n) is 1.91. The Balaban J connectivity index is 2.06. The van der Waals surface area contributed by atoms with E-state index in [0.717, 1.165) is 11.1 Å². The molecule has 1 atom stereocenters. The topological polar surface area (TPSA) is 38.3 Å². The molecule has 0 aliphatic rings. The Morgan fingerprint density at radius 2 is 2.00 bits per heavy atom. The molecule has 0 heterocycles. The second-order valence-corrected chi connectivity index (χ2v) is 5.48. The Hall–Kier alpha value is -2.07. The van der Waals surface area contributed by atoms with E-state index in [1.165, 1.54) is 18.2 Å². The Morgan fingerprint density at radius 3 is 2.68 bits per heavy atom. The van der Waals surface area contributed by atoms with E-state index in [1.807, 2.05) is 32.0 Å². The van der Waals surface area contributed by atoms with Crippen LogP contribution >= 0.6 is 11.6 Å². The smallest absolute Gasteiger partial charge is 0.265 e. The molecular formula is C17H17ClFNO2. The van der Waals surface area contributed by atoms with Gasteiger partial charge in [0.05, 0.1) is 5.02 Å². The van der Waals surface area contributed by atoms with Crippen LogP contribution in [-0.2, 0) is 4.79 Å². The van der Waals surface area contributed by atoms with Crippen LogP contribution in [0.1, 0.15) is 18.1 Å². The standard InChI is InChI=1S/C17H17ClFNO2/c1-10-5-4-6-16(11(10)2)22-12(3)17(21)20-13-7-8-15(19)14(18)9-13/h4-9,12H,1-3H3,(H,20,21)/t12-/m0/s1. The normalized spacial score (nSPS) is 11.9. The van der Waals surface area contributed by atoms with Crippen LogP contribution in [0, 0.1) is 19.7 Å². The van der Waals surface area contributed by atoms with Gasteiger partial charge in [0.25, 0.3) is 5.91 Å². The molecule has 2 aromatic rings. The van der Waals surface area contributed by atoms with Crippen LogP contribution in [0.15, 0.2) is 36.4 Å². The van der Waals surface area contributed by atoms with Gasteiger partial charge in [-0.3, -0.25) is 4.79 Å². The predicted octanol–water partition coefficient (Wildman–Crippen LogP) is 4.50. The molecule has 2 aromatic carbocycles. The second-order valence-electron chi connectivity index (χ2n) is 5.08. The molecule has 1 amide bonds. The maximum absolute atomic E-state index is 13.1. The first-order chi connectivity index (χ1) is 10.4. The van der Waals surface area contributed by atoms with E-state index in [2.05, 4.69) is 5.32 Å². The molecule has 1 N–H and O–H groups in total. The number of halogens is 2. The number of rotatable bonds is 4. The molecule has 0 spiro atoms. The minimum atomic E-state index is -0.690. The number of nitrogens with one attached hydrogen (secondary N) is 1. The monoisotopic (exact) mass is 321 g/mol. The van der Waals surface area contributed by atoms with Gasteiger partial charge in [-0.05, 0) is 56.2 Å². The number of carbonyl (C=O) groups excluding carboxylic acids is 1. The fraction of sp³-hybridized carbons (Fsp3) is 0.235. The average molecular weight is 322 g/mol. The van der Waals surface area contributed by atoms with Gasteiger partial charge in [0, 0.05) is 5.69 Å². The van der Waals surface area contributed by atoms with Gasteiger partial charge in [-0.1, -0.05) is 23.7 Å². The third kappa shape index (κ3) is 3.77. The lowest BCUT2D eigenvalue weighted by molar-refractivity contribution is -0.122. The summed E-state index contributed by atoms with van der Waals surface area (Å²) in [7, 11) is 0. The molecule has 0 bridgehead atoms. The van der Waals surface area contributed by atoms with Gasteiger partial charge in [0.15, 0.2) is 6.10 Å². The van der Waals surface area contributed by atoms with Crippen molar-refractivity contribution in [3.8, 4) is 5.75 Å². The van der Waals surface area contributed by atoms with E-state index in [-0.39, 0.29) is 10.9 Å². The molecule has 3 nitrogen and oxygen atoms in total. The van der Waals surface area contributed by atoms with Crippen molar-refractivity contribution in [1.82, 2.24) is 0 Å². The van der Waals surface area contributed by atoms with Crippen molar-refractivity contribution in [2.24, 2.45) is 0 Å². The predicted molar refractivity (Wildman–Crippen MR) is 86.0 cm³/mol. The molecule has 0 aliphatic carbocycles. The van der Waals surface area contributed by atoms with Gasteiger partial charge in [0.1, 0.15) is 11.6 Å². The number of benzene rings is 2.